The molecule has 0 aliphatic rings. The Morgan fingerprint density at radius 3 is 2.17 bits per heavy atom. The van der Waals surface area contributed by atoms with Crippen LogP contribution in [-0.4, -0.2) is 12.0 Å². The molecule has 150 valence electrons. The standard InChI is InChI=1S/C23H19N3O2S2/c1-24(16-17-8-4-2-5-9-17)23-25(19-12-14-20(15-13-19)26(27)28)22(29)21(30-23)18-10-6-3-7-11-18/h2-15H,16H2,1H3. The van der Waals surface area contributed by atoms with E-state index in [1.165, 1.54) is 17.7 Å². The smallest absolute Gasteiger partial charge is 0.340 e. The van der Waals surface area contributed by atoms with Crippen LogP contribution in [0.1, 0.15) is 5.56 Å². The van der Waals surface area contributed by atoms with Crippen molar-refractivity contribution in [3.05, 3.63) is 101 Å². The highest BCUT2D eigenvalue weighted by atomic mass is 32.1. The summed E-state index contributed by atoms with van der Waals surface area (Å²) in [5, 5.41) is 12.7. The zero-order valence-electron chi connectivity index (χ0n) is 16.3. The normalized spacial score (nSPS) is 10.7. The number of benzene rings is 3. The molecule has 4 aromatic rings. The summed E-state index contributed by atoms with van der Waals surface area (Å²) >= 11 is 7.48. The van der Waals surface area contributed by atoms with Gasteiger partial charge in [0.25, 0.3) is 5.69 Å². The predicted octanol–water partition coefficient (Wildman–Crippen LogP) is 5.14. The van der Waals surface area contributed by atoms with Gasteiger partial charge in [-0.15, -0.1) is 0 Å². The summed E-state index contributed by atoms with van der Waals surface area (Å²) in [7, 11) is 2.03. The molecule has 0 bridgehead atoms. The van der Waals surface area contributed by atoms with Gasteiger partial charge in [0, 0.05) is 17.2 Å². The average molecular weight is 434 g/mol. The third-order valence-electron chi connectivity index (χ3n) is 4.73. The van der Waals surface area contributed by atoms with Crippen molar-refractivity contribution in [2.24, 2.45) is 0 Å². The molecule has 0 radical (unpaired) electrons. The number of nitro benzene ring substituents is 1. The van der Waals surface area contributed by atoms with Gasteiger partial charge in [0.05, 0.1) is 16.8 Å². The van der Waals surface area contributed by atoms with Crippen LogP contribution in [-0.2, 0) is 19.2 Å². The fourth-order valence-corrected chi connectivity index (χ4v) is 4.88. The number of hydrogen-bond donors (Lipinski definition) is 0. The zero-order valence-corrected chi connectivity index (χ0v) is 17.9. The van der Waals surface area contributed by atoms with Crippen LogP contribution >= 0.6 is 11.3 Å². The second-order valence-electron chi connectivity index (χ2n) is 6.84. The Bertz CT molecular complexity index is 1160. The Balaban J connectivity index is 1.82. The second-order valence-corrected chi connectivity index (χ2v) is 8.20. The molecule has 1 aromatic heterocycles. The van der Waals surface area contributed by atoms with Crippen LogP contribution in [0.4, 0.5) is 10.8 Å². The number of hydrogen-bond acceptors (Lipinski definition) is 5. The highest BCUT2D eigenvalue weighted by Crippen LogP contribution is 2.35. The van der Waals surface area contributed by atoms with Gasteiger partial charge in [-0.05, 0) is 34.6 Å². The van der Waals surface area contributed by atoms with Crippen molar-refractivity contribution in [1.82, 2.24) is 0 Å². The van der Waals surface area contributed by atoms with Crippen molar-refractivity contribution in [2.75, 3.05) is 11.9 Å². The molecule has 0 unspecified atom stereocenters. The van der Waals surface area contributed by atoms with Gasteiger partial charge in [0.1, 0.15) is 12.2 Å². The molecule has 7 heteroatoms. The van der Waals surface area contributed by atoms with Crippen LogP contribution in [0.25, 0.3) is 16.1 Å². The third kappa shape index (κ3) is 4.03. The molecule has 0 atom stereocenters. The summed E-state index contributed by atoms with van der Waals surface area (Å²) < 4.78 is 2.00. The largest absolute Gasteiger partial charge is 0.735 e. The Hall–Kier alpha value is -3.29. The molecule has 4 rings (SSSR count). The molecule has 3 aromatic carbocycles. The molecule has 0 aliphatic heterocycles. The first-order valence-corrected chi connectivity index (χ1v) is 10.6. The lowest BCUT2D eigenvalue weighted by molar-refractivity contribution is -0.617. The molecule has 0 spiro atoms. The minimum atomic E-state index is -0.394. The van der Waals surface area contributed by atoms with E-state index in [1.54, 1.807) is 23.5 Å². The summed E-state index contributed by atoms with van der Waals surface area (Å²) in [4.78, 5) is 13.8. The predicted molar refractivity (Wildman–Crippen MR) is 122 cm³/mol. The maximum atomic E-state index is 11.1. The molecule has 0 fully saturated rings. The Kier molecular flexibility index (Phi) is 5.74. The molecule has 0 saturated carbocycles. The van der Waals surface area contributed by atoms with Crippen LogP contribution in [0, 0.1) is 10.1 Å². The number of rotatable bonds is 6. The summed E-state index contributed by atoms with van der Waals surface area (Å²) in [6.45, 7) is 0.720. The maximum Gasteiger partial charge on any atom is 0.340 e. The van der Waals surface area contributed by atoms with E-state index in [2.05, 4.69) is 17.0 Å². The Labute approximate surface area is 184 Å². The van der Waals surface area contributed by atoms with Crippen LogP contribution < -0.4 is 9.47 Å². The second kappa shape index (κ2) is 8.61. The Morgan fingerprint density at radius 1 is 0.967 bits per heavy atom. The van der Waals surface area contributed by atoms with Crippen molar-refractivity contribution in [3.8, 4) is 16.1 Å². The molecule has 5 nitrogen and oxygen atoms in total. The first-order valence-electron chi connectivity index (χ1n) is 9.36. The van der Waals surface area contributed by atoms with E-state index in [0.29, 0.717) is 5.03 Å². The lowest BCUT2D eigenvalue weighted by Crippen LogP contribution is -2.38. The van der Waals surface area contributed by atoms with Gasteiger partial charge in [-0.1, -0.05) is 60.7 Å². The van der Waals surface area contributed by atoms with Gasteiger partial charge in [-0.25, -0.2) is 4.57 Å². The Morgan fingerprint density at radius 2 is 1.57 bits per heavy atom. The van der Waals surface area contributed by atoms with Gasteiger partial charge in [0.15, 0.2) is 0 Å². The van der Waals surface area contributed by atoms with Crippen LogP contribution in [0.15, 0.2) is 90.0 Å². The first kappa shape index (κ1) is 20.0. The summed E-state index contributed by atoms with van der Waals surface area (Å²) in [5.41, 5.74) is 3.11. The van der Waals surface area contributed by atoms with Crippen molar-refractivity contribution >= 4 is 34.8 Å². The molecule has 30 heavy (non-hydrogen) atoms. The van der Waals surface area contributed by atoms with Gasteiger partial charge in [-0.3, -0.25) is 15.0 Å². The molecule has 0 N–H and O–H groups in total. The number of anilines is 1. The molecular weight excluding hydrogens is 414 g/mol. The summed E-state index contributed by atoms with van der Waals surface area (Å²) in [6.07, 6.45) is 0. The van der Waals surface area contributed by atoms with E-state index >= 15 is 0 Å². The summed E-state index contributed by atoms with van der Waals surface area (Å²) in [5.74, 6) is 0. The van der Waals surface area contributed by atoms with E-state index in [0.717, 1.165) is 27.8 Å². The van der Waals surface area contributed by atoms with E-state index in [9.17, 15) is 10.1 Å². The SMILES string of the molecule is CN(Cc1ccccc1)c1sc(-c2ccccc2)c([S-])[n+]1-c1ccc([N+](=O)[O-])cc1. The minimum Gasteiger partial charge on any atom is -0.735 e. The van der Waals surface area contributed by atoms with Crippen LogP contribution in [0.5, 0.6) is 0 Å². The molecular formula is C23H19N3O2S2. The molecule has 0 amide bonds. The van der Waals surface area contributed by atoms with Gasteiger partial charge < -0.3 is 12.6 Å². The molecule has 1 heterocycles. The topological polar surface area (TPSA) is 50.3 Å². The van der Waals surface area contributed by atoms with Crippen molar-refractivity contribution in [2.45, 2.75) is 11.6 Å². The number of aromatic nitrogens is 1. The van der Waals surface area contributed by atoms with E-state index < -0.39 is 4.92 Å². The maximum absolute atomic E-state index is 11.1. The quantitative estimate of drug-likeness (QED) is 0.183. The summed E-state index contributed by atoms with van der Waals surface area (Å²) in [6, 6.07) is 26.8. The lowest BCUT2D eigenvalue weighted by Gasteiger charge is -2.15. The van der Waals surface area contributed by atoms with Crippen LogP contribution in [0.3, 0.4) is 0 Å². The zero-order chi connectivity index (χ0) is 21.1. The van der Waals surface area contributed by atoms with Crippen molar-refractivity contribution in [3.63, 3.8) is 0 Å². The fraction of sp³-hybridized carbons (Fsp3) is 0.0870. The van der Waals surface area contributed by atoms with Crippen molar-refractivity contribution in [1.29, 1.82) is 0 Å². The van der Waals surface area contributed by atoms with Crippen LogP contribution in [0.2, 0.25) is 0 Å². The van der Waals surface area contributed by atoms with Gasteiger partial charge >= 0.3 is 5.13 Å². The van der Waals surface area contributed by atoms with E-state index in [1.807, 2.05) is 60.1 Å². The third-order valence-corrected chi connectivity index (χ3v) is 6.55. The van der Waals surface area contributed by atoms with Gasteiger partial charge in [-0.2, -0.15) is 0 Å². The monoisotopic (exact) mass is 433 g/mol. The van der Waals surface area contributed by atoms with E-state index in [4.69, 9.17) is 12.6 Å². The van der Waals surface area contributed by atoms with Crippen molar-refractivity contribution < 1.29 is 9.49 Å². The first-order chi connectivity index (χ1) is 14.5. The average Bonchev–Trinajstić information content (AvgIpc) is 3.12. The molecule has 0 aliphatic carbocycles. The van der Waals surface area contributed by atoms with Gasteiger partial charge in [0.2, 0.25) is 0 Å². The number of nitro groups is 1. The number of nitrogens with zero attached hydrogens (tertiary/aromatic N) is 3. The van der Waals surface area contributed by atoms with E-state index in [-0.39, 0.29) is 5.69 Å². The fourth-order valence-electron chi connectivity index (χ4n) is 3.27. The number of non-ortho nitro benzene ring substituents is 1. The highest BCUT2D eigenvalue weighted by Gasteiger charge is 2.24. The molecule has 0 saturated heterocycles. The minimum absolute atomic E-state index is 0.0583. The highest BCUT2D eigenvalue weighted by molar-refractivity contribution is 7.59. The lowest BCUT2D eigenvalue weighted by atomic mass is 10.2. The number of thiazole rings is 1.